The van der Waals surface area contributed by atoms with Crippen LogP contribution >= 0.6 is 0 Å². The number of amides is 1. The third-order valence-corrected chi connectivity index (χ3v) is 4.13. The van der Waals surface area contributed by atoms with Crippen molar-refractivity contribution < 1.29 is 23.9 Å². The number of pyridine rings is 1. The predicted octanol–water partition coefficient (Wildman–Crippen LogP) is 1.75. The molecule has 25 heavy (non-hydrogen) atoms. The lowest BCUT2D eigenvalue weighted by molar-refractivity contribution is -0.159. The van der Waals surface area contributed by atoms with Crippen LogP contribution in [0, 0.1) is 5.92 Å². The van der Waals surface area contributed by atoms with Gasteiger partial charge in [0.05, 0.1) is 20.3 Å². The summed E-state index contributed by atoms with van der Waals surface area (Å²) in [5.74, 6) is -2.86. The molecule has 0 saturated carbocycles. The summed E-state index contributed by atoms with van der Waals surface area (Å²) < 4.78 is 9.57. The van der Waals surface area contributed by atoms with Crippen molar-refractivity contribution in [1.82, 2.24) is 4.98 Å². The van der Waals surface area contributed by atoms with Crippen molar-refractivity contribution in [3.05, 3.63) is 59.8 Å². The van der Waals surface area contributed by atoms with Gasteiger partial charge in [0, 0.05) is 11.8 Å². The molecule has 2 heterocycles. The summed E-state index contributed by atoms with van der Waals surface area (Å²) in [6.45, 7) is 0. The third-order valence-electron chi connectivity index (χ3n) is 4.13. The standard InChI is InChI=1S/C18H16N2O5/c1-24-17(22)14(18(23)25-2)15-11-7-3-4-8-12(11)16(21)20(15)13-9-5-6-10-19-13/h3-10,14-15H,1-2H3. The van der Waals surface area contributed by atoms with Gasteiger partial charge in [-0.15, -0.1) is 0 Å². The van der Waals surface area contributed by atoms with Gasteiger partial charge in [-0.3, -0.25) is 19.3 Å². The van der Waals surface area contributed by atoms with Crippen LogP contribution in [0.25, 0.3) is 0 Å². The number of carbonyl (C=O) groups is 3. The monoisotopic (exact) mass is 340 g/mol. The highest BCUT2D eigenvalue weighted by atomic mass is 16.5. The Kier molecular flexibility index (Phi) is 4.47. The van der Waals surface area contributed by atoms with Crippen LogP contribution in [0.5, 0.6) is 0 Å². The first-order chi connectivity index (χ1) is 12.1. The molecule has 0 saturated heterocycles. The van der Waals surface area contributed by atoms with E-state index in [2.05, 4.69) is 4.98 Å². The Balaban J connectivity index is 2.19. The number of methoxy groups -OCH3 is 2. The molecule has 3 rings (SSSR count). The number of aromatic nitrogens is 1. The summed E-state index contributed by atoms with van der Waals surface area (Å²) in [5, 5.41) is 0. The maximum atomic E-state index is 12.9. The van der Waals surface area contributed by atoms with Crippen molar-refractivity contribution in [3.8, 4) is 0 Å². The van der Waals surface area contributed by atoms with Gasteiger partial charge >= 0.3 is 11.9 Å². The van der Waals surface area contributed by atoms with Gasteiger partial charge in [-0.05, 0) is 23.8 Å². The number of nitrogens with zero attached hydrogens (tertiary/aromatic N) is 2. The van der Waals surface area contributed by atoms with Crippen LogP contribution < -0.4 is 4.90 Å². The van der Waals surface area contributed by atoms with Gasteiger partial charge in [-0.1, -0.05) is 24.3 Å². The normalized spacial score (nSPS) is 15.9. The molecule has 2 aromatic rings. The fourth-order valence-corrected chi connectivity index (χ4v) is 3.02. The number of ether oxygens (including phenoxy) is 2. The fourth-order valence-electron chi connectivity index (χ4n) is 3.02. The topological polar surface area (TPSA) is 85.8 Å². The van der Waals surface area contributed by atoms with Crippen LogP contribution in [0.4, 0.5) is 5.82 Å². The van der Waals surface area contributed by atoms with E-state index in [1.54, 1.807) is 42.5 Å². The average Bonchev–Trinajstić information content (AvgIpc) is 2.95. The van der Waals surface area contributed by atoms with Crippen molar-refractivity contribution in [3.63, 3.8) is 0 Å². The average molecular weight is 340 g/mol. The van der Waals surface area contributed by atoms with Crippen molar-refractivity contribution in [1.29, 1.82) is 0 Å². The zero-order valence-electron chi connectivity index (χ0n) is 13.7. The first kappa shape index (κ1) is 16.6. The van der Waals surface area contributed by atoms with Crippen LogP contribution in [-0.2, 0) is 19.1 Å². The van der Waals surface area contributed by atoms with E-state index in [0.29, 0.717) is 16.9 Å². The highest BCUT2D eigenvalue weighted by Gasteiger charge is 2.49. The molecule has 0 aliphatic carbocycles. The highest BCUT2D eigenvalue weighted by Crippen LogP contribution is 2.41. The SMILES string of the molecule is COC(=O)C(C(=O)OC)C1c2ccccc2C(=O)N1c1ccccn1. The van der Waals surface area contributed by atoms with E-state index in [9.17, 15) is 14.4 Å². The van der Waals surface area contributed by atoms with E-state index in [0.717, 1.165) is 0 Å². The van der Waals surface area contributed by atoms with Crippen molar-refractivity contribution >= 4 is 23.7 Å². The minimum Gasteiger partial charge on any atom is -0.468 e. The number of hydrogen-bond donors (Lipinski definition) is 0. The number of benzene rings is 1. The number of fused-ring (bicyclic) bond motifs is 1. The molecular formula is C18H16N2O5. The zero-order valence-corrected chi connectivity index (χ0v) is 13.7. The first-order valence-corrected chi connectivity index (χ1v) is 7.59. The summed E-state index contributed by atoms with van der Waals surface area (Å²) in [6.07, 6.45) is 1.54. The van der Waals surface area contributed by atoms with E-state index >= 15 is 0 Å². The lowest BCUT2D eigenvalue weighted by atomic mass is 9.92. The quantitative estimate of drug-likeness (QED) is 0.622. The molecule has 1 aromatic carbocycles. The molecule has 128 valence electrons. The summed E-state index contributed by atoms with van der Waals surface area (Å²) in [7, 11) is 2.37. The van der Waals surface area contributed by atoms with Gasteiger partial charge in [0.2, 0.25) is 0 Å². The Morgan fingerprint density at radius 3 is 2.28 bits per heavy atom. The molecule has 0 N–H and O–H groups in total. The molecule has 1 atom stereocenters. The molecule has 1 aliphatic heterocycles. The smallest absolute Gasteiger partial charge is 0.322 e. The lowest BCUT2D eigenvalue weighted by Gasteiger charge is -2.28. The third kappa shape index (κ3) is 2.73. The number of esters is 2. The zero-order chi connectivity index (χ0) is 18.0. The molecule has 1 unspecified atom stereocenters. The largest absolute Gasteiger partial charge is 0.468 e. The van der Waals surface area contributed by atoms with Crippen LogP contribution in [-0.4, -0.2) is 37.0 Å². The van der Waals surface area contributed by atoms with Gasteiger partial charge < -0.3 is 9.47 Å². The molecule has 7 nitrogen and oxygen atoms in total. The molecule has 0 radical (unpaired) electrons. The van der Waals surface area contributed by atoms with E-state index in [-0.39, 0.29) is 5.91 Å². The molecule has 1 amide bonds. The van der Waals surface area contributed by atoms with Crippen molar-refractivity contribution in [2.45, 2.75) is 6.04 Å². The fraction of sp³-hybridized carbons (Fsp3) is 0.222. The van der Waals surface area contributed by atoms with E-state index in [1.807, 2.05) is 0 Å². The molecule has 7 heteroatoms. The summed E-state index contributed by atoms with van der Waals surface area (Å²) in [4.78, 5) is 43.1. The van der Waals surface area contributed by atoms with Gasteiger partial charge in [-0.25, -0.2) is 4.98 Å². The molecular weight excluding hydrogens is 324 g/mol. The minimum absolute atomic E-state index is 0.336. The van der Waals surface area contributed by atoms with Crippen LogP contribution in [0.2, 0.25) is 0 Å². The summed E-state index contributed by atoms with van der Waals surface area (Å²) in [5.41, 5.74) is 0.968. The first-order valence-electron chi connectivity index (χ1n) is 7.59. The number of hydrogen-bond acceptors (Lipinski definition) is 6. The van der Waals surface area contributed by atoms with Gasteiger partial charge in [0.1, 0.15) is 5.82 Å². The Morgan fingerprint density at radius 2 is 1.68 bits per heavy atom. The minimum atomic E-state index is -1.32. The Bertz CT molecular complexity index is 805. The Labute approximate surface area is 144 Å². The van der Waals surface area contributed by atoms with Crippen LogP contribution in [0.3, 0.4) is 0 Å². The van der Waals surface area contributed by atoms with Crippen LogP contribution in [0.1, 0.15) is 22.0 Å². The molecule has 0 bridgehead atoms. The maximum Gasteiger partial charge on any atom is 0.322 e. The van der Waals surface area contributed by atoms with Crippen molar-refractivity contribution in [2.75, 3.05) is 19.1 Å². The second-order valence-corrected chi connectivity index (χ2v) is 5.42. The summed E-state index contributed by atoms with van der Waals surface area (Å²) >= 11 is 0. The van der Waals surface area contributed by atoms with Gasteiger partial charge in [0.15, 0.2) is 5.92 Å². The molecule has 0 fully saturated rings. The van der Waals surface area contributed by atoms with Gasteiger partial charge in [0.25, 0.3) is 5.91 Å². The van der Waals surface area contributed by atoms with Crippen LogP contribution in [0.15, 0.2) is 48.7 Å². The highest BCUT2D eigenvalue weighted by molar-refractivity contribution is 6.12. The number of rotatable bonds is 4. The summed E-state index contributed by atoms with van der Waals surface area (Å²) in [6, 6.07) is 11.0. The molecule has 0 spiro atoms. The molecule has 1 aliphatic rings. The van der Waals surface area contributed by atoms with Crippen molar-refractivity contribution in [2.24, 2.45) is 5.92 Å². The van der Waals surface area contributed by atoms with E-state index in [4.69, 9.17) is 9.47 Å². The molecule has 1 aromatic heterocycles. The lowest BCUT2D eigenvalue weighted by Crippen LogP contribution is -2.41. The Morgan fingerprint density at radius 1 is 1.04 bits per heavy atom. The maximum absolute atomic E-state index is 12.9. The van der Waals surface area contributed by atoms with E-state index < -0.39 is 23.9 Å². The second-order valence-electron chi connectivity index (χ2n) is 5.42. The predicted molar refractivity (Wildman–Crippen MR) is 87.8 cm³/mol. The number of anilines is 1. The van der Waals surface area contributed by atoms with Gasteiger partial charge in [-0.2, -0.15) is 0 Å². The number of carbonyl (C=O) groups excluding carboxylic acids is 3. The van der Waals surface area contributed by atoms with E-state index in [1.165, 1.54) is 25.3 Å². The second kappa shape index (κ2) is 6.72. The Hall–Kier alpha value is -3.22.